The third-order valence-electron chi connectivity index (χ3n) is 3.33. The third kappa shape index (κ3) is 2.81. The van der Waals surface area contributed by atoms with Gasteiger partial charge in [0.25, 0.3) is 10.0 Å². The normalized spacial score (nSPS) is 11.7. The predicted molar refractivity (Wildman–Crippen MR) is 81.4 cm³/mol. The number of rotatable bonds is 4. The Morgan fingerprint density at radius 3 is 2.24 bits per heavy atom. The van der Waals surface area contributed by atoms with Crippen molar-refractivity contribution < 1.29 is 13.2 Å². The SMILES string of the molecule is CCOc1cc(C)c(C)cc1S(=O)(=O)n1nc(C)cc1C. The Labute approximate surface area is 125 Å². The van der Waals surface area contributed by atoms with Gasteiger partial charge >= 0.3 is 0 Å². The zero-order valence-electron chi connectivity index (χ0n) is 13.0. The van der Waals surface area contributed by atoms with Crippen LogP contribution in [0.25, 0.3) is 0 Å². The van der Waals surface area contributed by atoms with Crippen molar-refractivity contribution >= 4 is 10.0 Å². The van der Waals surface area contributed by atoms with Gasteiger partial charge in [0, 0.05) is 0 Å². The second-order valence-electron chi connectivity index (χ2n) is 5.09. The lowest BCUT2D eigenvalue weighted by Crippen LogP contribution is -2.17. The molecule has 1 aromatic carbocycles. The van der Waals surface area contributed by atoms with Gasteiger partial charge < -0.3 is 4.74 Å². The summed E-state index contributed by atoms with van der Waals surface area (Å²) in [6, 6.07) is 5.14. The van der Waals surface area contributed by atoms with E-state index in [-0.39, 0.29) is 4.90 Å². The van der Waals surface area contributed by atoms with Crippen LogP contribution in [0.3, 0.4) is 0 Å². The van der Waals surface area contributed by atoms with Crippen LogP contribution >= 0.6 is 0 Å². The molecule has 5 nitrogen and oxygen atoms in total. The Morgan fingerprint density at radius 1 is 1.10 bits per heavy atom. The van der Waals surface area contributed by atoms with E-state index in [1.54, 1.807) is 32.0 Å². The Bertz CT molecular complexity index is 776. The summed E-state index contributed by atoms with van der Waals surface area (Å²) < 4.78 is 32.3. The molecule has 0 bridgehead atoms. The van der Waals surface area contributed by atoms with Gasteiger partial charge in [-0.1, -0.05) is 0 Å². The van der Waals surface area contributed by atoms with Crippen molar-refractivity contribution in [1.29, 1.82) is 0 Å². The number of nitrogens with zero attached hydrogens (tertiary/aromatic N) is 2. The highest BCUT2D eigenvalue weighted by Crippen LogP contribution is 2.29. The first kappa shape index (κ1) is 15.6. The predicted octanol–water partition coefficient (Wildman–Crippen LogP) is 2.75. The molecule has 0 atom stereocenters. The molecule has 0 N–H and O–H groups in total. The first-order valence-corrected chi connectivity index (χ1v) is 8.24. The molecule has 0 radical (unpaired) electrons. The van der Waals surface area contributed by atoms with Gasteiger partial charge in [-0.05, 0) is 63.9 Å². The topological polar surface area (TPSA) is 61.2 Å². The minimum absolute atomic E-state index is 0.152. The molecular weight excluding hydrogens is 288 g/mol. The summed E-state index contributed by atoms with van der Waals surface area (Å²) in [6.45, 7) is 9.53. The van der Waals surface area contributed by atoms with Gasteiger partial charge in [0.05, 0.1) is 18.0 Å². The fourth-order valence-electron chi connectivity index (χ4n) is 2.18. The van der Waals surface area contributed by atoms with Crippen molar-refractivity contribution in [2.75, 3.05) is 6.61 Å². The van der Waals surface area contributed by atoms with Gasteiger partial charge in [-0.2, -0.15) is 17.6 Å². The van der Waals surface area contributed by atoms with Gasteiger partial charge in [-0.15, -0.1) is 0 Å². The van der Waals surface area contributed by atoms with Crippen LogP contribution in [0, 0.1) is 27.7 Å². The van der Waals surface area contributed by atoms with Crippen LogP contribution in [0.15, 0.2) is 23.1 Å². The van der Waals surface area contributed by atoms with Gasteiger partial charge in [-0.3, -0.25) is 0 Å². The van der Waals surface area contributed by atoms with E-state index in [9.17, 15) is 8.42 Å². The van der Waals surface area contributed by atoms with E-state index in [0.29, 0.717) is 23.7 Å². The second-order valence-corrected chi connectivity index (χ2v) is 6.83. The molecule has 21 heavy (non-hydrogen) atoms. The van der Waals surface area contributed by atoms with Crippen molar-refractivity contribution in [3.05, 3.63) is 40.7 Å². The monoisotopic (exact) mass is 308 g/mol. The van der Waals surface area contributed by atoms with Crippen LogP contribution in [0.4, 0.5) is 0 Å². The summed E-state index contributed by atoms with van der Waals surface area (Å²) in [6.07, 6.45) is 0. The van der Waals surface area contributed by atoms with E-state index in [1.165, 1.54) is 0 Å². The van der Waals surface area contributed by atoms with Crippen molar-refractivity contribution in [2.24, 2.45) is 0 Å². The van der Waals surface area contributed by atoms with Crippen LogP contribution < -0.4 is 4.74 Å². The van der Waals surface area contributed by atoms with E-state index in [2.05, 4.69) is 5.10 Å². The minimum Gasteiger partial charge on any atom is -0.492 e. The van der Waals surface area contributed by atoms with E-state index in [0.717, 1.165) is 15.2 Å². The molecule has 2 aromatic rings. The van der Waals surface area contributed by atoms with Crippen LogP contribution in [-0.4, -0.2) is 24.2 Å². The molecule has 0 aliphatic rings. The molecule has 0 fully saturated rings. The number of aromatic nitrogens is 2. The van der Waals surface area contributed by atoms with E-state index >= 15 is 0 Å². The summed E-state index contributed by atoms with van der Waals surface area (Å²) >= 11 is 0. The molecule has 6 heteroatoms. The largest absolute Gasteiger partial charge is 0.492 e. The average molecular weight is 308 g/mol. The molecule has 1 heterocycles. The minimum atomic E-state index is -3.76. The van der Waals surface area contributed by atoms with Crippen LogP contribution in [0.1, 0.15) is 29.4 Å². The first-order valence-electron chi connectivity index (χ1n) is 6.80. The number of hydrogen-bond acceptors (Lipinski definition) is 4. The zero-order chi connectivity index (χ0) is 15.8. The van der Waals surface area contributed by atoms with Crippen LogP contribution in [0.5, 0.6) is 5.75 Å². The number of ether oxygens (including phenoxy) is 1. The average Bonchev–Trinajstić information content (AvgIpc) is 2.73. The van der Waals surface area contributed by atoms with Gasteiger partial charge in [-0.25, -0.2) is 0 Å². The summed E-state index contributed by atoms with van der Waals surface area (Å²) in [5, 5.41) is 4.08. The molecule has 0 spiro atoms. The fraction of sp³-hybridized carbons (Fsp3) is 0.400. The van der Waals surface area contributed by atoms with Crippen LogP contribution in [0.2, 0.25) is 0 Å². The zero-order valence-corrected chi connectivity index (χ0v) is 13.8. The van der Waals surface area contributed by atoms with E-state index < -0.39 is 10.0 Å². The van der Waals surface area contributed by atoms with E-state index in [1.807, 2.05) is 20.8 Å². The second kappa shape index (κ2) is 5.52. The molecule has 0 aliphatic heterocycles. The summed E-state index contributed by atoms with van der Waals surface area (Å²) in [5.41, 5.74) is 3.13. The van der Waals surface area contributed by atoms with E-state index in [4.69, 9.17) is 4.74 Å². The van der Waals surface area contributed by atoms with Crippen molar-refractivity contribution in [3.63, 3.8) is 0 Å². The molecular formula is C15H20N2O3S. The number of benzene rings is 1. The van der Waals surface area contributed by atoms with Crippen molar-refractivity contribution in [1.82, 2.24) is 9.19 Å². The molecule has 2 rings (SSSR count). The smallest absolute Gasteiger partial charge is 0.286 e. The number of hydrogen-bond donors (Lipinski definition) is 0. The molecule has 0 aliphatic carbocycles. The summed E-state index contributed by atoms with van der Waals surface area (Å²) in [4.78, 5) is 0.152. The fourth-order valence-corrected chi connectivity index (χ4v) is 3.73. The Balaban J connectivity index is 2.69. The lowest BCUT2D eigenvalue weighted by atomic mass is 10.1. The van der Waals surface area contributed by atoms with Crippen LogP contribution in [-0.2, 0) is 10.0 Å². The van der Waals surface area contributed by atoms with Gasteiger partial charge in [0.1, 0.15) is 10.6 Å². The summed E-state index contributed by atoms with van der Waals surface area (Å²) in [7, 11) is -3.76. The molecule has 0 amide bonds. The Hall–Kier alpha value is -1.82. The highest BCUT2D eigenvalue weighted by atomic mass is 32.2. The molecule has 114 valence electrons. The lowest BCUT2D eigenvalue weighted by Gasteiger charge is -2.14. The molecule has 1 aromatic heterocycles. The highest BCUT2D eigenvalue weighted by Gasteiger charge is 2.25. The maximum absolute atomic E-state index is 12.8. The molecule has 0 saturated carbocycles. The van der Waals surface area contributed by atoms with Gasteiger partial charge in [0.2, 0.25) is 0 Å². The van der Waals surface area contributed by atoms with Gasteiger partial charge in [0.15, 0.2) is 0 Å². The first-order chi connectivity index (χ1) is 9.77. The van der Waals surface area contributed by atoms with Crippen molar-refractivity contribution in [2.45, 2.75) is 39.5 Å². The Kier molecular flexibility index (Phi) is 4.09. The Morgan fingerprint density at radius 2 is 1.71 bits per heavy atom. The van der Waals surface area contributed by atoms with Crippen molar-refractivity contribution in [3.8, 4) is 5.75 Å². The maximum atomic E-state index is 12.8. The quantitative estimate of drug-likeness (QED) is 0.871. The number of aryl methyl sites for hydroxylation is 4. The highest BCUT2D eigenvalue weighted by molar-refractivity contribution is 7.90. The molecule has 0 unspecified atom stereocenters. The maximum Gasteiger partial charge on any atom is 0.286 e. The lowest BCUT2D eigenvalue weighted by molar-refractivity contribution is 0.330. The third-order valence-corrected chi connectivity index (χ3v) is 5.03. The molecule has 0 saturated heterocycles. The summed E-state index contributed by atoms with van der Waals surface area (Å²) in [5.74, 6) is 0.369. The standard InChI is InChI=1S/C15H20N2O3S/c1-6-20-14-7-10(2)11(3)8-15(14)21(18,19)17-13(5)9-12(4)16-17/h7-9H,6H2,1-5H3.